The van der Waals surface area contributed by atoms with Crippen LogP contribution in [0.1, 0.15) is 5.56 Å². The van der Waals surface area contributed by atoms with Gasteiger partial charge in [0, 0.05) is 59.2 Å². The van der Waals surface area contributed by atoms with Gasteiger partial charge < -0.3 is 4.90 Å². The first kappa shape index (κ1) is 17.8. The van der Waals surface area contributed by atoms with E-state index in [1.54, 1.807) is 26.5 Å². The van der Waals surface area contributed by atoms with Gasteiger partial charge in [-0.3, -0.25) is 14.7 Å². The molecule has 128 valence electrons. The summed E-state index contributed by atoms with van der Waals surface area (Å²) in [5.41, 5.74) is 1.10. The van der Waals surface area contributed by atoms with E-state index in [4.69, 9.17) is 0 Å². The molecule has 0 radical (unpaired) electrons. The molecule has 0 N–H and O–H groups in total. The summed E-state index contributed by atoms with van der Waals surface area (Å²) in [6.07, 6.45) is 4.67. The number of rotatable bonds is 4. The normalized spacial score (nSPS) is 20.9. The van der Waals surface area contributed by atoms with Gasteiger partial charge in [-0.2, -0.15) is 0 Å². The van der Waals surface area contributed by atoms with Crippen molar-refractivity contribution in [2.45, 2.75) is 6.54 Å². The summed E-state index contributed by atoms with van der Waals surface area (Å²) in [5.74, 6) is -0.399. The summed E-state index contributed by atoms with van der Waals surface area (Å²) in [7, 11) is 0.0875. The van der Waals surface area contributed by atoms with Crippen LogP contribution in [0.4, 0.5) is 0 Å². The van der Waals surface area contributed by atoms with Crippen LogP contribution >= 0.6 is 0 Å². The molecule has 2 rings (SSSR count). The molecule has 0 spiro atoms. The molecule has 1 aliphatic rings. The molecule has 1 aliphatic heterocycles. The van der Waals surface area contributed by atoms with E-state index in [1.165, 1.54) is 15.5 Å². The number of nitrogens with zero attached hydrogens (tertiary/aromatic N) is 4. The molecule has 1 atom stereocenters. The average Bonchev–Trinajstić information content (AvgIpc) is 2.70. The third-order valence-corrected chi connectivity index (χ3v) is 5.25. The van der Waals surface area contributed by atoms with Crippen LogP contribution in [-0.2, 0) is 21.4 Å². The highest BCUT2D eigenvalue weighted by molar-refractivity contribution is 7.88. The number of pyridine rings is 1. The minimum absolute atomic E-state index is 0.0414. The van der Waals surface area contributed by atoms with Gasteiger partial charge in [0.15, 0.2) is 0 Å². The zero-order chi connectivity index (χ0) is 17.0. The first-order valence-corrected chi connectivity index (χ1v) is 9.39. The monoisotopic (exact) mass is 340 g/mol. The predicted octanol–water partition coefficient (Wildman–Crippen LogP) is -0.137. The van der Waals surface area contributed by atoms with Crippen LogP contribution in [-0.4, -0.2) is 79.9 Å². The number of amides is 1. The first-order valence-electron chi connectivity index (χ1n) is 7.55. The fourth-order valence-corrected chi connectivity index (χ4v) is 3.63. The molecule has 0 aromatic carbocycles. The quantitative estimate of drug-likeness (QED) is 0.763. The molecule has 0 saturated carbocycles. The van der Waals surface area contributed by atoms with Crippen LogP contribution in [0.3, 0.4) is 0 Å². The molecule has 1 unspecified atom stereocenters. The van der Waals surface area contributed by atoms with Gasteiger partial charge in [-0.25, -0.2) is 12.7 Å². The summed E-state index contributed by atoms with van der Waals surface area (Å²) in [4.78, 5) is 20.1. The summed E-state index contributed by atoms with van der Waals surface area (Å²) in [6, 6.07) is 3.87. The van der Waals surface area contributed by atoms with Crippen LogP contribution < -0.4 is 0 Å². The van der Waals surface area contributed by atoms with E-state index >= 15 is 0 Å². The Balaban J connectivity index is 2.17. The third-order valence-electron chi connectivity index (χ3n) is 3.98. The van der Waals surface area contributed by atoms with E-state index < -0.39 is 10.0 Å². The van der Waals surface area contributed by atoms with Gasteiger partial charge >= 0.3 is 0 Å². The van der Waals surface area contributed by atoms with Crippen molar-refractivity contribution in [1.82, 2.24) is 19.1 Å². The van der Waals surface area contributed by atoms with Crippen LogP contribution in [0.5, 0.6) is 0 Å². The number of sulfonamides is 1. The second kappa shape index (κ2) is 7.37. The molecule has 23 heavy (non-hydrogen) atoms. The zero-order valence-corrected chi connectivity index (χ0v) is 14.7. The highest BCUT2D eigenvalue weighted by atomic mass is 32.2. The van der Waals surface area contributed by atoms with E-state index in [0.717, 1.165) is 5.56 Å². The highest BCUT2D eigenvalue weighted by Crippen LogP contribution is 2.16. The van der Waals surface area contributed by atoms with Crippen molar-refractivity contribution >= 4 is 15.9 Å². The summed E-state index contributed by atoms with van der Waals surface area (Å²) < 4.78 is 25.2. The lowest BCUT2D eigenvalue weighted by Gasteiger charge is -2.25. The van der Waals surface area contributed by atoms with Crippen molar-refractivity contribution in [1.29, 1.82) is 0 Å². The number of hydrogen-bond donors (Lipinski definition) is 0. The van der Waals surface area contributed by atoms with Crippen LogP contribution in [0, 0.1) is 5.92 Å². The van der Waals surface area contributed by atoms with Crippen molar-refractivity contribution in [3.8, 4) is 0 Å². The van der Waals surface area contributed by atoms with Crippen molar-refractivity contribution < 1.29 is 13.2 Å². The Kier molecular flexibility index (Phi) is 5.72. The van der Waals surface area contributed by atoms with Crippen LogP contribution in [0.15, 0.2) is 24.5 Å². The van der Waals surface area contributed by atoms with Crippen LogP contribution in [0.25, 0.3) is 0 Å². The largest absolute Gasteiger partial charge is 0.348 e. The molecule has 1 aromatic rings. The fraction of sp³-hybridized carbons (Fsp3) is 0.600. The van der Waals surface area contributed by atoms with Gasteiger partial charge in [0.25, 0.3) is 0 Å². The Bertz CT molecular complexity index is 633. The predicted molar refractivity (Wildman–Crippen MR) is 88.1 cm³/mol. The van der Waals surface area contributed by atoms with Crippen molar-refractivity contribution in [3.05, 3.63) is 30.1 Å². The molecule has 0 aliphatic carbocycles. The van der Waals surface area contributed by atoms with E-state index in [1.807, 2.05) is 12.1 Å². The Morgan fingerprint density at radius 2 is 1.91 bits per heavy atom. The van der Waals surface area contributed by atoms with Gasteiger partial charge in [0.2, 0.25) is 15.9 Å². The minimum atomic E-state index is -3.31. The van der Waals surface area contributed by atoms with Crippen LogP contribution in [0.2, 0.25) is 0 Å². The topological polar surface area (TPSA) is 73.8 Å². The van der Waals surface area contributed by atoms with Gasteiger partial charge in [0.05, 0.1) is 12.2 Å². The maximum Gasteiger partial charge on any atom is 0.227 e. The Morgan fingerprint density at radius 1 is 1.26 bits per heavy atom. The molecule has 2 heterocycles. The summed E-state index contributed by atoms with van der Waals surface area (Å²) in [6.45, 7) is 2.47. The van der Waals surface area contributed by atoms with Crippen molar-refractivity contribution in [2.75, 3.05) is 46.5 Å². The van der Waals surface area contributed by atoms with E-state index in [2.05, 4.69) is 9.88 Å². The fourth-order valence-electron chi connectivity index (χ4n) is 2.76. The highest BCUT2D eigenvalue weighted by Gasteiger charge is 2.32. The summed E-state index contributed by atoms with van der Waals surface area (Å²) >= 11 is 0. The van der Waals surface area contributed by atoms with E-state index in [0.29, 0.717) is 26.2 Å². The van der Waals surface area contributed by atoms with E-state index in [9.17, 15) is 13.2 Å². The van der Waals surface area contributed by atoms with Gasteiger partial charge in [-0.1, -0.05) is 0 Å². The smallest absolute Gasteiger partial charge is 0.227 e. The standard InChI is InChI=1S/C15H24N4O3S/c1-17(2)15(20)14-11-18(10-13-4-6-16-7-5-13)8-9-19(12-14)23(3,21)22/h4-7,14H,8-12H2,1-3H3. The first-order chi connectivity index (χ1) is 10.8. The van der Waals surface area contributed by atoms with Gasteiger partial charge in [-0.05, 0) is 17.7 Å². The summed E-state index contributed by atoms with van der Waals surface area (Å²) in [5, 5.41) is 0. The lowest BCUT2D eigenvalue weighted by atomic mass is 10.1. The third kappa shape index (κ3) is 4.98. The molecule has 0 bridgehead atoms. The minimum Gasteiger partial charge on any atom is -0.348 e. The SMILES string of the molecule is CN(C)C(=O)C1CN(Cc2ccncc2)CCN(S(C)(=O)=O)C1. The molecular formula is C15H24N4O3S. The maximum atomic E-state index is 12.4. The van der Waals surface area contributed by atoms with Gasteiger partial charge in [-0.15, -0.1) is 0 Å². The number of aromatic nitrogens is 1. The maximum absolute atomic E-state index is 12.4. The Labute approximate surface area is 137 Å². The van der Waals surface area contributed by atoms with E-state index in [-0.39, 0.29) is 18.4 Å². The molecule has 1 fully saturated rings. The molecule has 1 amide bonds. The molecule has 1 saturated heterocycles. The number of carbonyl (C=O) groups excluding carboxylic acids is 1. The zero-order valence-electron chi connectivity index (χ0n) is 13.8. The molecule has 7 nitrogen and oxygen atoms in total. The Hall–Kier alpha value is -1.51. The number of carbonyl (C=O) groups is 1. The van der Waals surface area contributed by atoms with Crippen molar-refractivity contribution in [2.24, 2.45) is 5.92 Å². The number of hydrogen-bond acceptors (Lipinski definition) is 5. The Morgan fingerprint density at radius 3 is 2.48 bits per heavy atom. The average molecular weight is 340 g/mol. The molecular weight excluding hydrogens is 316 g/mol. The molecule has 8 heteroatoms. The van der Waals surface area contributed by atoms with Crippen molar-refractivity contribution in [3.63, 3.8) is 0 Å². The lowest BCUT2D eigenvalue weighted by molar-refractivity contribution is -0.133. The van der Waals surface area contributed by atoms with Gasteiger partial charge in [0.1, 0.15) is 0 Å². The lowest BCUT2D eigenvalue weighted by Crippen LogP contribution is -2.41. The second-order valence-corrected chi connectivity index (χ2v) is 8.12. The second-order valence-electron chi connectivity index (χ2n) is 6.14. The molecule has 1 aromatic heterocycles.